The summed E-state index contributed by atoms with van der Waals surface area (Å²) in [4.78, 5) is 16.0. The van der Waals surface area contributed by atoms with Crippen LogP contribution >= 0.6 is 0 Å². The minimum Gasteiger partial charge on any atom is -0.457 e. The number of rotatable bonds is 5. The summed E-state index contributed by atoms with van der Waals surface area (Å²) in [6, 6.07) is 75.9. The number of aromatic nitrogens is 3. The van der Waals surface area contributed by atoms with Gasteiger partial charge in [-0.15, -0.1) is 0 Å². The summed E-state index contributed by atoms with van der Waals surface area (Å²) >= 11 is 0. The highest BCUT2D eigenvalue weighted by Crippen LogP contribution is 2.64. The van der Waals surface area contributed by atoms with Crippen molar-refractivity contribution in [3.63, 3.8) is 0 Å². The Bertz CT molecular complexity index is 3510. The third-order valence-electron chi connectivity index (χ3n) is 14.0. The Balaban J connectivity index is 1.07. The Labute approximate surface area is 378 Å². The van der Waals surface area contributed by atoms with Crippen molar-refractivity contribution >= 4 is 0 Å². The standard InChI is InChI=1S/C61H41N3O/c1-60(2)48-25-10-9-23-44(48)45-33-31-42(37-53(45)60)41-32-34-49-47(36-41)56-46(24-16-28-52(56)61(49)50-26-11-13-29-54(50)65-55-30-14-12-27-51(55)61)59-63-57(39-19-7-4-8-20-39)62-58(64-59)43-22-15-21-40(35-43)38-17-5-3-6-18-38/h3-37H,1-2H3. The number of ether oxygens (including phenoxy) is 1. The van der Waals surface area contributed by atoms with Crippen LogP contribution in [0.4, 0.5) is 0 Å². The summed E-state index contributed by atoms with van der Waals surface area (Å²) in [5, 5.41) is 0. The van der Waals surface area contributed by atoms with Crippen LogP contribution in [-0.4, -0.2) is 15.0 Å². The second kappa shape index (κ2) is 14.2. The molecular weight excluding hydrogens is 791 g/mol. The smallest absolute Gasteiger partial charge is 0.164 e. The van der Waals surface area contributed by atoms with E-state index in [9.17, 15) is 0 Å². The number of para-hydroxylation sites is 2. The molecule has 65 heavy (non-hydrogen) atoms. The molecule has 0 radical (unpaired) electrons. The van der Waals surface area contributed by atoms with Crippen molar-refractivity contribution in [3.05, 3.63) is 246 Å². The van der Waals surface area contributed by atoms with Crippen LogP contribution in [0.5, 0.6) is 11.5 Å². The highest BCUT2D eigenvalue weighted by atomic mass is 16.5. The topological polar surface area (TPSA) is 47.9 Å². The second-order valence-corrected chi connectivity index (χ2v) is 17.9. The molecule has 0 unspecified atom stereocenters. The van der Waals surface area contributed by atoms with E-state index in [0.717, 1.165) is 67.1 Å². The van der Waals surface area contributed by atoms with Crippen molar-refractivity contribution in [2.75, 3.05) is 0 Å². The molecule has 4 heteroatoms. The average molecular weight is 832 g/mol. The maximum absolute atomic E-state index is 6.73. The fourth-order valence-electron chi connectivity index (χ4n) is 11.0. The lowest BCUT2D eigenvalue weighted by Gasteiger charge is -2.39. The highest BCUT2D eigenvalue weighted by molar-refractivity contribution is 5.97. The molecule has 3 aliphatic rings. The third kappa shape index (κ3) is 5.53. The Hall–Kier alpha value is -8.21. The van der Waals surface area contributed by atoms with E-state index in [-0.39, 0.29) is 5.41 Å². The number of fused-ring (bicyclic) bond motifs is 12. The molecule has 0 atom stereocenters. The molecule has 13 rings (SSSR count). The van der Waals surface area contributed by atoms with E-state index in [1.807, 2.05) is 24.3 Å². The van der Waals surface area contributed by atoms with Crippen molar-refractivity contribution in [3.8, 4) is 90.2 Å². The van der Waals surface area contributed by atoms with E-state index in [2.05, 4.69) is 202 Å². The van der Waals surface area contributed by atoms with Gasteiger partial charge in [0.1, 0.15) is 11.5 Å². The van der Waals surface area contributed by atoms with E-state index in [1.165, 1.54) is 38.9 Å². The molecule has 1 aromatic heterocycles. The van der Waals surface area contributed by atoms with Gasteiger partial charge in [-0.2, -0.15) is 0 Å². The lowest BCUT2D eigenvalue weighted by molar-refractivity contribution is 0.436. The van der Waals surface area contributed by atoms with E-state index in [0.29, 0.717) is 17.5 Å². The average Bonchev–Trinajstić information content (AvgIpc) is 3.79. The van der Waals surface area contributed by atoms with E-state index in [4.69, 9.17) is 19.7 Å². The van der Waals surface area contributed by atoms with Gasteiger partial charge >= 0.3 is 0 Å². The molecule has 0 bridgehead atoms. The Kier molecular flexibility index (Phi) is 8.13. The second-order valence-electron chi connectivity index (χ2n) is 17.9. The first-order valence-corrected chi connectivity index (χ1v) is 22.3. The van der Waals surface area contributed by atoms with Gasteiger partial charge in [0, 0.05) is 33.2 Å². The number of benzene rings is 9. The molecule has 0 saturated heterocycles. The van der Waals surface area contributed by atoms with E-state index < -0.39 is 5.41 Å². The highest BCUT2D eigenvalue weighted by Gasteiger charge is 2.52. The monoisotopic (exact) mass is 831 g/mol. The first kappa shape index (κ1) is 37.4. The van der Waals surface area contributed by atoms with Crippen LogP contribution in [0, 0.1) is 0 Å². The molecule has 10 aromatic rings. The molecule has 0 amide bonds. The van der Waals surface area contributed by atoms with Crippen LogP contribution in [-0.2, 0) is 10.8 Å². The van der Waals surface area contributed by atoms with Crippen LogP contribution in [0.2, 0.25) is 0 Å². The van der Waals surface area contributed by atoms with Gasteiger partial charge < -0.3 is 4.74 Å². The predicted molar refractivity (Wildman–Crippen MR) is 262 cm³/mol. The van der Waals surface area contributed by atoms with Crippen molar-refractivity contribution in [2.24, 2.45) is 0 Å². The minimum atomic E-state index is -0.672. The van der Waals surface area contributed by atoms with Gasteiger partial charge in [-0.05, 0) is 97.1 Å². The summed E-state index contributed by atoms with van der Waals surface area (Å²) < 4.78 is 6.73. The molecule has 2 heterocycles. The zero-order valence-electron chi connectivity index (χ0n) is 36.0. The van der Waals surface area contributed by atoms with Gasteiger partial charge in [0.2, 0.25) is 0 Å². The quantitative estimate of drug-likeness (QED) is 0.173. The van der Waals surface area contributed by atoms with E-state index >= 15 is 0 Å². The molecule has 0 fully saturated rings. The van der Waals surface area contributed by atoms with Crippen molar-refractivity contribution in [2.45, 2.75) is 24.7 Å². The normalized spacial score (nSPS) is 14.1. The number of nitrogens with zero attached hydrogens (tertiary/aromatic N) is 3. The maximum Gasteiger partial charge on any atom is 0.164 e. The maximum atomic E-state index is 6.73. The zero-order valence-corrected chi connectivity index (χ0v) is 36.0. The van der Waals surface area contributed by atoms with Gasteiger partial charge in [-0.3, -0.25) is 0 Å². The lowest BCUT2D eigenvalue weighted by atomic mass is 9.66. The lowest BCUT2D eigenvalue weighted by Crippen LogP contribution is -2.32. The summed E-state index contributed by atoms with van der Waals surface area (Å²) in [5.41, 5.74) is 18.8. The van der Waals surface area contributed by atoms with E-state index in [1.54, 1.807) is 0 Å². The Morgan fingerprint density at radius 1 is 0.308 bits per heavy atom. The fraction of sp³-hybridized carbons (Fsp3) is 0.0656. The molecular formula is C61H41N3O. The predicted octanol–water partition coefficient (Wildman–Crippen LogP) is 15.0. The largest absolute Gasteiger partial charge is 0.457 e. The summed E-state index contributed by atoms with van der Waals surface area (Å²) in [6.07, 6.45) is 0. The summed E-state index contributed by atoms with van der Waals surface area (Å²) in [5.74, 6) is 3.57. The van der Waals surface area contributed by atoms with Crippen LogP contribution in [0.3, 0.4) is 0 Å². The van der Waals surface area contributed by atoms with Crippen LogP contribution in [0.15, 0.2) is 212 Å². The molecule has 0 N–H and O–H groups in total. The summed E-state index contributed by atoms with van der Waals surface area (Å²) in [6.45, 7) is 4.70. The van der Waals surface area contributed by atoms with Crippen LogP contribution in [0.25, 0.3) is 78.7 Å². The Morgan fingerprint density at radius 2 is 0.815 bits per heavy atom. The van der Waals surface area contributed by atoms with Gasteiger partial charge in [0.25, 0.3) is 0 Å². The summed E-state index contributed by atoms with van der Waals surface area (Å²) in [7, 11) is 0. The first-order chi connectivity index (χ1) is 32.0. The van der Waals surface area contributed by atoms with Crippen molar-refractivity contribution < 1.29 is 4.74 Å². The molecule has 2 aliphatic carbocycles. The first-order valence-electron chi connectivity index (χ1n) is 22.3. The molecule has 9 aromatic carbocycles. The van der Waals surface area contributed by atoms with Crippen molar-refractivity contribution in [1.29, 1.82) is 0 Å². The van der Waals surface area contributed by atoms with Crippen LogP contribution in [0.1, 0.15) is 47.2 Å². The SMILES string of the molecule is CC1(C)c2ccccc2-c2ccc(-c3ccc4c(c3)-c3c(-c5nc(-c6ccccc6)nc(-c6cccc(-c7ccccc7)c6)n5)cccc3C43c4ccccc4Oc4ccccc43)cc21. The number of hydrogen-bond acceptors (Lipinski definition) is 4. The van der Waals surface area contributed by atoms with Crippen molar-refractivity contribution in [1.82, 2.24) is 15.0 Å². The van der Waals surface area contributed by atoms with Gasteiger partial charge in [-0.1, -0.05) is 196 Å². The third-order valence-corrected chi connectivity index (χ3v) is 14.0. The fourth-order valence-corrected chi connectivity index (χ4v) is 11.0. The molecule has 306 valence electrons. The zero-order chi connectivity index (χ0) is 43.3. The Morgan fingerprint density at radius 3 is 1.57 bits per heavy atom. The van der Waals surface area contributed by atoms with Gasteiger partial charge in [0.15, 0.2) is 17.5 Å². The molecule has 0 saturated carbocycles. The van der Waals surface area contributed by atoms with Gasteiger partial charge in [0.05, 0.1) is 5.41 Å². The molecule has 1 spiro atoms. The molecule has 1 aliphatic heterocycles. The van der Waals surface area contributed by atoms with Gasteiger partial charge in [-0.25, -0.2) is 15.0 Å². The minimum absolute atomic E-state index is 0.120. The molecule has 4 nitrogen and oxygen atoms in total. The van der Waals surface area contributed by atoms with Crippen LogP contribution < -0.4 is 4.74 Å². The number of hydrogen-bond donors (Lipinski definition) is 0.